The van der Waals surface area contributed by atoms with E-state index in [9.17, 15) is 13.2 Å². The Bertz CT molecular complexity index is 862. The molecular formula is C16H16ClNO4S. The van der Waals surface area contributed by atoms with Crippen LogP contribution in [0.15, 0.2) is 41.3 Å². The van der Waals surface area contributed by atoms with Crippen molar-refractivity contribution in [3.05, 3.63) is 47.5 Å². The minimum Gasteiger partial charge on any atom is -0.495 e. The van der Waals surface area contributed by atoms with Gasteiger partial charge in [0.15, 0.2) is 9.84 Å². The van der Waals surface area contributed by atoms with Crippen LogP contribution in [-0.2, 0) is 9.84 Å². The minimum atomic E-state index is -3.56. The lowest BCUT2D eigenvalue weighted by Crippen LogP contribution is -2.07. The number of aryl methyl sites for hydroxylation is 1. The quantitative estimate of drug-likeness (QED) is 0.832. The predicted molar refractivity (Wildman–Crippen MR) is 90.7 cm³/mol. The second-order valence-corrected chi connectivity index (χ2v) is 7.36. The number of para-hydroxylation sites is 2. The van der Waals surface area contributed by atoms with Gasteiger partial charge in [-0.15, -0.1) is 0 Å². The van der Waals surface area contributed by atoms with Crippen molar-refractivity contribution in [3.8, 4) is 5.75 Å². The molecule has 0 saturated carbocycles. The lowest BCUT2D eigenvalue weighted by atomic mass is 10.1. The lowest BCUT2D eigenvalue weighted by molar-refractivity contribution is 0.108. The highest BCUT2D eigenvalue weighted by atomic mass is 35.5. The summed E-state index contributed by atoms with van der Waals surface area (Å²) in [5.74, 6) is 0.571. The molecule has 0 aromatic heterocycles. The van der Waals surface area contributed by atoms with Gasteiger partial charge in [-0.3, -0.25) is 4.79 Å². The maximum atomic E-state index is 12.1. The second-order valence-electron chi connectivity index (χ2n) is 5.03. The summed E-state index contributed by atoms with van der Waals surface area (Å²) in [7, 11) is -2.03. The topological polar surface area (TPSA) is 72.5 Å². The first-order valence-corrected chi connectivity index (χ1v) is 8.95. The summed E-state index contributed by atoms with van der Waals surface area (Å²) in [4.78, 5) is 11.4. The molecule has 23 heavy (non-hydrogen) atoms. The van der Waals surface area contributed by atoms with Crippen LogP contribution >= 0.6 is 11.6 Å². The summed E-state index contributed by atoms with van der Waals surface area (Å²) in [6.07, 6.45) is 1.08. The van der Waals surface area contributed by atoms with E-state index in [2.05, 4.69) is 5.32 Å². The highest BCUT2D eigenvalue weighted by Gasteiger charge is 2.19. The molecule has 0 aliphatic carbocycles. The van der Waals surface area contributed by atoms with Gasteiger partial charge in [0.05, 0.1) is 23.4 Å². The number of rotatable bonds is 5. The Labute approximate surface area is 140 Å². The summed E-state index contributed by atoms with van der Waals surface area (Å²) in [6, 6.07) is 10.00. The molecule has 2 aromatic rings. The van der Waals surface area contributed by atoms with Crippen molar-refractivity contribution in [1.82, 2.24) is 0 Å². The standard InChI is InChI=1S/C16H16ClNO4S/c1-10-8-13(18-12-6-4-5-7-14(12)22-2)15(23(3,20)21)9-11(10)16(17)19/h4-9,18H,1-3H3. The number of carbonyl (C=O) groups is 1. The number of hydrogen-bond acceptors (Lipinski definition) is 5. The summed E-state index contributed by atoms with van der Waals surface area (Å²) in [6.45, 7) is 1.69. The van der Waals surface area contributed by atoms with Crippen molar-refractivity contribution in [2.45, 2.75) is 11.8 Å². The van der Waals surface area contributed by atoms with Crippen LogP contribution in [0.3, 0.4) is 0 Å². The molecule has 1 N–H and O–H groups in total. The molecule has 2 rings (SSSR count). The molecule has 5 nitrogen and oxygen atoms in total. The van der Waals surface area contributed by atoms with E-state index in [4.69, 9.17) is 16.3 Å². The zero-order valence-electron chi connectivity index (χ0n) is 12.9. The van der Waals surface area contributed by atoms with E-state index in [1.54, 1.807) is 31.2 Å². The molecule has 0 radical (unpaired) electrons. The molecular weight excluding hydrogens is 338 g/mol. The SMILES string of the molecule is COc1ccccc1Nc1cc(C)c(C(=O)Cl)cc1S(C)(=O)=O. The van der Waals surface area contributed by atoms with Crippen LogP contribution in [0.25, 0.3) is 0 Å². The number of methoxy groups -OCH3 is 1. The molecule has 0 amide bonds. The Morgan fingerprint density at radius 1 is 1.17 bits per heavy atom. The number of hydrogen-bond donors (Lipinski definition) is 1. The van der Waals surface area contributed by atoms with E-state index in [0.29, 0.717) is 22.7 Å². The first-order chi connectivity index (χ1) is 10.7. The van der Waals surface area contributed by atoms with E-state index in [1.807, 2.05) is 6.07 Å². The van der Waals surface area contributed by atoms with Crippen molar-refractivity contribution in [3.63, 3.8) is 0 Å². The number of ether oxygens (including phenoxy) is 1. The van der Waals surface area contributed by atoms with E-state index in [0.717, 1.165) is 6.26 Å². The third-order valence-electron chi connectivity index (χ3n) is 3.31. The number of sulfone groups is 1. The Balaban J connectivity index is 2.62. The Morgan fingerprint density at radius 3 is 2.39 bits per heavy atom. The summed E-state index contributed by atoms with van der Waals surface area (Å²) in [5, 5.41) is 2.35. The van der Waals surface area contributed by atoms with Gasteiger partial charge in [0, 0.05) is 11.8 Å². The van der Waals surface area contributed by atoms with E-state index >= 15 is 0 Å². The van der Waals surface area contributed by atoms with E-state index in [-0.39, 0.29) is 10.5 Å². The highest BCUT2D eigenvalue weighted by molar-refractivity contribution is 7.90. The maximum absolute atomic E-state index is 12.1. The van der Waals surface area contributed by atoms with Gasteiger partial charge in [0.2, 0.25) is 0 Å². The van der Waals surface area contributed by atoms with E-state index in [1.165, 1.54) is 13.2 Å². The van der Waals surface area contributed by atoms with Crippen LogP contribution in [-0.4, -0.2) is 27.0 Å². The zero-order valence-corrected chi connectivity index (χ0v) is 14.5. The van der Waals surface area contributed by atoms with Gasteiger partial charge < -0.3 is 10.1 Å². The fourth-order valence-corrected chi connectivity index (χ4v) is 3.24. The van der Waals surface area contributed by atoms with Gasteiger partial charge in [0.25, 0.3) is 5.24 Å². The number of carbonyl (C=O) groups excluding carboxylic acids is 1. The monoisotopic (exact) mass is 353 g/mol. The van der Waals surface area contributed by atoms with Gasteiger partial charge in [-0.1, -0.05) is 12.1 Å². The van der Waals surface area contributed by atoms with Crippen molar-refractivity contribution in [2.75, 3.05) is 18.7 Å². The van der Waals surface area contributed by atoms with Crippen molar-refractivity contribution >= 4 is 38.1 Å². The van der Waals surface area contributed by atoms with Gasteiger partial charge in [-0.25, -0.2) is 8.42 Å². The molecule has 2 aromatic carbocycles. The molecule has 0 aliphatic rings. The number of benzene rings is 2. The van der Waals surface area contributed by atoms with Crippen molar-refractivity contribution in [1.29, 1.82) is 0 Å². The Kier molecular flexibility index (Phi) is 4.97. The van der Waals surface area contributed by atoms with Crippen LogP contribution in [0.4, 0.5) is 11.4 Å². The predicted octanol–water partition coefficient (Wildman–Crippen LogP) is 3.53. The summed E-state index contributed by atoms with van der Waals surface area (Å²) >= 11 is 5.52. The Morgan fingerprint density at radius 2 is 1.83 bits per heavy atom. The second kappa shape index (κ2) is 6.60. The molecule has 122 valence electrons. The number of nitrogens with one attached hydrogen (secondary N) is 1. The molecule has 0 heterocycles. The van der Waals surface area contributed by atoms with Crippen LogP contribution in [0.2, 0.25) is 0 Å². The average Bonchev–Trinajstić information content (AvgIpc) is 2.46. The third kappa shape index (κ3) is 3.83. The van der Waals surface area contributed by atoms with Gasteiger partial charge in [-0.05, 0) is 48.4 Å². The van der Waals surface area contributed by atoms with Crippen LogP contribution in [0.5, 0.6) is 5.75 Å². The maximum Gasteiger partial charge on any atom is 0.252 e. The van der Waals surface area contributed by atoms with E-state index < -0.39 is 15.1 Å². The molecule has 7 heteroatoms. The summed E-state index contributed by atoms with van der Waals surface area (Å²) in [5.41, 5.74) is 1.72. The molecule has 0 bridgehead atoms. The normalized spacial score (nSPS) is 11.1. The number of anilines is 2. The first-order valence-electron chi connectivity index (χ1n) is 6.68. The largest absolute Gasteiger partial charge is 0.495 e. The minimum absolute atomic E-state index is 0.00185. The Hall–Kier alpha value is -2.05. The zero-order chi connectivity index (χ0) is 17.2. The fraction of sp³-hybridized carbons (Fsp3) is 0.188. The van der Waals surface area contributed by atoms with Gasteiger partial charge in [0.1, 0.15) is 5.75 Å². The lowest BCUT2D eigenvalue weighted by Gasteiger charge is -2.15. The van der Waals surface area contributed by atoms with Crippen LogP contribution in [0.1, 0.15) is 15.9 Å². The van der Waals surface area contributed by atoms with Gasteiger partial charge >= 0.3 is 0 Å². The van der Waals surface area contributed by atoms with Crippen LogP contribution < -0.4 is 10.1 Å². The molecule has 0 atom stereocenters. The summed E-state index contributed by atoms with van der Waals surface area (Å²) < 4.78 is 29.4. The molecule has 0 unspecified atom stereocenters. The van der Waals surface area contributed by atoms with Crippen molar-refractivity contribution < 1.29 is 17.9 Å². The first kappa shape index (κ1) is 17.3. The third-order valence-corrected chi connectivity index (χ3v) is 4.65. The average molecular weight is 354 g/mol. The van der Waals surface area contributed by atoms with Gasteiger partial charge in [-0.2, -0.15) is 0 Å². The fourth-order valence-electron chi connectivity index (χ4n) is 2.20. The van der Waals surface area contributed by atoms with Crippen LogP contribution in [0, 0.1) is 6.92 Å². The highest BCUT2D eigenvalue weighted by Crippen LogP contribution is 2.32. The smallest absolute Gasteiger partial charge is 0.252 e. The van der Waals surface area contributed by atoms with Crippen molar-refractivity contribution in [2.24, 2.45) is 0 Å². The molecule has 0 fully saturated rings. The molecule has 0 spiro atoms. The number of halogens is 1. The molecule has 0 saturated heterocycles. The molecule has 0 aliphatic heterocycles.